The molecular formula is C19H20N4O2. The molecule has 1 aromatic carbocycles. The molecule has 4 rings (SSSR count). The van der Waals surface area contributed by atoms with E-state index in [1.54, 1.807) is 17.2 Å². The maximum Gasteiger partial charge on any atom is 0.242 e. The number of pyridine rings is 1. The third-order valence-electron chi connectivity index (χ3n) is 5.00. The standard InChI is InChI=1S/C19H20N4O2/c1-3-22-14-9-5-4-8-13(14)21-18-17(22)16(12(2)24)19(25)23(18)15-10-6-7-11-20-15/h4-11,16-18,21H,3H2,1-2H3/t16-,17+,18-/m1/s1. The van der Waals surface area contributed by atoms with E-state index in [1.807, 2.05) is 43.3 Å². The quantitative estimate of drug-likeness (QED) is 0.871. The molecule has 1 fully saturated rings. The van der Waals surface area contributed by atoms with Crippen LogP contribution in [0, 0.1) is 5.92 Å². The van der Waals surface area contributed by atoms with E-state index in [0.717, 1.165) is 11.4 Å². The molecular weight excluding hydrogens is 316 g/mol. The summed E-state index contributed by atoms with van der Waals surface area (Å²) in [6.07, 6.45) is 1.33. The van der Waals surface area contributed by atoms with Crippen LogP contribution in [0.2, 0.25) is 0 Å². The molecule has 0 spiro atoms. The predicted molar refractivity (Wildman–Crippen MR) is 96.6 cm³/mol. The highest BCUT2D eigenvalue weighted by atomic mass is 16.2. The van der Waals surface area contributed by atoms with Gasteiger partial charge in [0.15, 0.2) is 0 Å². The molecule has 0 saturated carbocycles. The summed E-state index contributed by atoms with van der Waals surface area (Å²) in [5, 5.41) is 3.46. The number of carbonyl (C=O) groups is 2. The Balaban J connectivity index is 1.86. The summed E-state index contributed by atoms with van der Waals surface area (Å²) in [7, 11) is 0. The highest BCUT2D eigenvalue weighted by molar-refractivity contribution is 6.12. The summed E-state index contributed by atoms with van der Waals surface area (Å²) in [6.45, 7) is 4.26. The Bertz CT molecular complexity index is 823. The molecule has 2 aromatic rings. The first-order valence-corrected chi connectivity index (χ1v) is 8.50. The average Bonchev–Trinajstić information content (AvgIpc) is 2.92. The zero-order chi connectivity index (χ0) is 17.6. The Kier molecular flexibility index (Phi) is 3.67. The van der Waals surface area contributed by atoms with E-state index in [0.29, 0.717) is 12.4 Å². The molecule has 0 bridgehead atoms. The third-order valence-corrected chi connectivity index (χ3v) is 5.00. The predicted octanol–water partition coefficient (Wildman–Crippen LogP) is 2.28. The number of ketones is 1. The van der Waals surface area contributed by atoms with Gasteiger partial charge in [0.1, 0.15) is 23.7 Å². The van der Waals surface area contributed by atoms with E-state index >= 15 is 0 Å². The van der Waals surface area contributed by atoms with Crippen LogP contribution >= 0.6 is 0 Å². The molecule has 0 radical (unpaired) electrons. The van der Waals surface area contributed by atoms with Crippen LogP contribution in [0.5, 0.6) is 0 Å². The van der Waals surface area contributed by atoms with Crippen molar-refractivity contribution in [2.24, 2.45) is 5.92 Å². The van der Waals surface area contributed by atoms with Crippen LogP contribution in [-0.2, 0) is 9.59 Å². The summed E-state index contributed by atoms with van der Waals surface area (Å²) >= 11 is 0. The van der Waals surface area contributed by atoms with Gasteiger partial charge in [-0.1, -0.05) is 18.2 Å². The van der Waals surface area contributed by atoms with Crippen LogP contribution in [0.4, 0.5) is 17.2 Å². The number of carbonyl (C=O) groups excluding carboxylic acids is 2. The second-order valence-electron chi connectivity index (χ2n) is 6.37. The number of likely N-dealkylation sites (N-methyl/N-ethyl adjacent to an activating group) is 1. The van der Waals surface area contributed by atoms with Gasteiger partial charge in [-0.25, -0.2) is 4.98 Å². The minimum Gasteiger partial charge on any atom is -0.362 e. The van der Waals surface area contributed by atoms with Crippen molar-refractivity contribution >= 4 is 28.9 Å². The van der Waals surface area contributed by atoms with Gasteiger partial charge in [0.05, 0.1) is 17.4 Å². The number of para-hydroxylation sites is 2. The number of hydrogen-bond donors (Lipinski definition) is 1. The highest BCUT2D eigenvalue weighted by Gasteiger charge is 2.55. The Labute approximate surface area is 146 Å². The molecule has 1 amide bonds. The molecule has 1 saturated heterocycles. The maximum absolute atomic E-state index is 13.1. The van der Waals surface area contributed by atoms with Crippen molar-refractivity contribution in [2.75, 3.05) is 21.7 Å². The molecule has 25 heavy (non-hydrogen) atoms. The minimum atomic E-state index is -0.701. The molecule has 128 valence electrons. The number of fused-ring (bicyclic) bond motifs is 2. The normalized spacial score (nSPS) is 24.6. The van der Waals surface area contributed by atoms with Crippen LogP contribution < -0.4 is 15.1 Å². The monoisotopic (exact) mass is 336 g/mol. The first kappa shape index (κ1) is 15.6. The topological polar surface area (TPSA) is 65.5 Å². The van der Waals surface area contributed by atoms with Gasteiger partial charge in [-0.15, -0.1) is 0 Å². The molecule has 3 atom stereocenters. The number of hydrogen-bond acceptors (Lipinski definition) is 5. The average molecular weight is 336 g/mol. The van der Waals surface area contributed by atoms with Gasteiger partial charge in [-0.2, -0.15) is 0 Å². The van der Waals surface area contributed by atoms with Crippen molar-refractivity contribution in [2.45, 2.75) is 26.1 Å². The number of aromatic nitrogens is 1. The van der Waals surface area contributed by atoms with Crippen molar-refractivity contribution in [3.8, 4) is 0 Å². The smallest absolute Gasteiger partial charge is 0.242 e. The summed E-state index contributed by atoms with van der Waals surface area (Å²) in [4.78, 5) is 33.6. The number of benzene rings is 1. The number of rotatable bonds is 3. The lowest BCUT2D eigenvalue weighted by molar-refractivity contribution is -0.129. The van der Waals surface area contributed by atoms with Gasteiger partial charge in [-0.3, -0.25) is 14.5 Å². The van der Waals surface area contributed by atoms with Gasteiger partial charge in [0, 0.05) is 12.7 Å². The summed E-state index contributed by atoms with van der Waals surface area (Å²) in [6, 6.07) is 13.2. The SMILES string of the molecule is CCN1c2ccccc2N[C@H]2[C@@H]1[C@@H](C(C)=O)C(=O)N2c1ccccn1. The molecule has 0 unspecified atom stereocenters. The lowest BCUT2D eigenvalue weighted by atomic mass is 9.93. The first-order chi connectivity index (χ1) is 12.1. The van der Waals surface area contributed by atoms with Crippen molar-refractivity contribution in [3.05, 3.63) is 48.7 Å². The van der Waals surface area contributed by atoms with Gasteiger partial charge in [0.25, 0.3) is 0 Å². The number of nitrogens with zero attached hydrogens (tertiary/aromatic N) is 3. The summed E-state index contributed by atoms with van der Waals surface area (Å²) in [5.41, 5.74) is 1.98. The number of nitrogens with one attached hydrogen (secondary N) is 1. The molecule has 1 N–H and O–H groups in total. The van der Waals surface area contributed by atoms with E-state index in [4.69, 9.17) is 0 Å². The fraction of sp³-hybridized carbons (Fsp3) is 0.316. The molecule has 3 heterocycles. The Hall–Kier alpha value is -2.89. The van der Waals surface area contributed by atoms with Gasteiger partial charge in [-0.05, 0) is 38.1 Å². The zero-order valence-electron chi connectivity index (χ0n) is 14.2. The van der Waals surface area contributed by atoms with Gasteiger partial charge < -0.3 is 10.2 Å². The summed E-state index contributed by atoms with van der Waals surface area (Å²) < 4.78 is 0. The lowest BCUT2D eigenvalue weighted by Crippen LogP contribution is -2.55. The van der Waals surface area contributed by atoms with Crippen LogP contribution in [0.25, 0.3) is 0 Å². The van der Waals surface area contributed by atoms with Crippen molar-refractivity contribution in [3.63, 3.8) is 0 Å². The second-order valence-corrected chi connectivity index (χ2v) is 6.37. The molecule has 6 heteroatoms. The van der Waals surface area contributed by atoms with E-state index < -0.39 is 5.92 Å². The Morgan fingerprint density at radius 2 is 1.96 bits per heavy atom. The fourth-order valence-electron chi connectivity index (χ4n) is 3.98. The molecule has 2 aliphatic rings. The van der Waals surface area contributed by atoms with Crippen LogP contribution in [0.15, 0.2) is 48.7 Å². The second kappa shape index (κ2) is 5.88. The molecule has 0 aliphatic carbocycles. The zero-order valence-corrected chi connectivity index (χ0v) is 14.2. The van der Waals surface area contributed by atoms with Gasteiger partial charge >= 0.3 is 0 Å². The molecule has 2 aliphatic heterocycles. The maximum atomic E-state index is 13.1. The highest BCUT2D eigenvalue weighted by Crippen LogP contribution is 2.42. The first-order valence-electron chi connectivity index (χ1n) is 8.50. The lowest BCUT2D eigenvalue weighted by Gasteiger charge is -2.43. The Morgan fingerprint density at radius 3 is 2.64 bits per heavy atom. The summed E-state index contributed by atoms with van der Waals surface area (Å²) in [5.74, 6) is -0.444. The fourth-order valence-corrected chi connectivity index (χ4v) is 3.98. The molecule has 1 aromatic heterocycles. The van der Waals surface area contributed by atoms with E-state index in [1.165, 1.54) is 6.92 Å². The van der Waals surface area contributed by atoms with Crippen LogP contribution in [-0.4, -0.2) is 35.4 Å². The minimum absolute atomic E-state index is 0.113. The van der Waals surface area contributed by atoms with E-state index in [2.05, 4.69) is 15.2 Å². The van der Waals surface area contributed by atoms with Crippen molar-refractivity contribution in [1.29, 1.82) is 0 Å². The Morgan fingerprint density at radius 1 is 1.20 bits per heavy atom. The van der Waals surface area contributed by atoms with Crippen LogP contribution in [0.3, 0.4) is 0 Å². The number of Topliss-reactive ketones (excluding diaryl/α,β-unsaturated/α-hetero) is 1. The number of amides is 1. The molecule has 6 nitrogen and oxygen atoms in total. The van der Waals surface area contributed by atoms with Crippen molar-refractivity contribution in [1.82, 2.24) is 4.98 Å². The third kappa shape index (κ3) is 2.28. The largest absolute Gasteiger partial charge is 0.362 e. The van der Waals surface area contributed by atoms with E-state index in [9.17, 15) is 9.59 Å². The van der Waals surface area contributed by atoms with Crippen LogP contribution in [0.1, 0.15) is 13.8 Å². The van der Waals surface area contributed by atoms with E-state index in [-0.39, 0.29) is 23.9 Å². The number of anilines is 3. The van der Waals surface area contributed by atoms with Crippen molar-refractivity contribution < 1.29 is 9.59 Å². The van der Waals surface area contributed by atoms with Gasteiger partial charge in [0.2, 0.25) is 5.91 Å².